The van der Waals surface area contributed by atoms with Crippen LogP contribution in [-0.2, 0) is 14.6 Å². The summed E-state index contributed by atoms with van der Waals surface area (Å²) in [6.45, 7) is 0. The zero-order valence-electron chi connectivity index (χ0n) is 14.5. The number of non-ortho nitro benzene ring substituents is 1. The Hall–Kier alpha value is -3.45. The largest absolute Gasteiger partial charge is 0.457 e. The minimum absolute atomic E-state index is 0.0142. The van der Waals surface area contributed by atoms with Gasteiger partial charge in [0.15, 0.2) is 9.84 Å². The van der Waals surface area contributed by atoms with Crippen LogP contribution in [0.15, 0.2) is 46.4 Å². The summed E-state index contributed by atoms with van der Waals surface area (Å²) in [5.74, 6) is -0.124. The van der Waals surface area contributed by atoms with Gasteiger partial charge in [-0.2, -0.15) is 5.26 Å². The van der Waals surface area contributed by atoms with Gasteiger partial charge in [0, 0.05) is 29.8 Å². The van der Waals surface area contributed by atoms with Crippen LogP contribution in [0.3, 0.4) is 0 Å². The van der Waals surface area contributed by atoms with Crippen molar-refractivity contribution in [2.24, 2.45) is 0 Å². The minimum Gasteiger partial charge on any atom is -0.457 e. The second kappa shape index (κ2) is 7.66. The molecule has 1 aromatic carbocycles. The van der Waals surface area contributed by atoms with Crippen molar-refractivity contribution >= 4 is 27.5 Å². The Bertz CT molecular complexity index is 1090. The summed E-state index contributed by atoms with van der Waals surface area (Å²) < 4.78 is 28.5. The van der Waals surface area contributed by atoms with Gasteiger partial charge in [-0.15, -0.1) is 0 Å². The summed E-state index contributed by atoms with van der Waals surface area (Å²) in [6, 6.07) is 10.2. The number of hydrogen-bond acceptors (Lipinski definition) is 7. The quantitative estimate of drug-likeness (QED) is 0.349. The third kappa shape index (κ3) is 4.44. The van der Waals surface area contributed by atoms with Crippen molar-refractivity contribution in [2.45, 2.75) is 12.5 Å². The Morgan fingerprint density at radius 1 is 1.29 bits per heavy atom. The van der Waals surface area contributed by atoms with Gasteiger partial charge in [-0.25, -0.2) is 8.42 Å². The Labute approximate surface area is 160 Å². The van der Waals surface area contributed by atoms with Crippen LogP contribution in [-0.4, -0.2) is 36.8 Å². The van der Waals surface area contributed by atoms with Gasteiger partial charge in [0.2, 0.25) is 0 Å². The molecule has 1 amide bonds. The lowest BCUT2D eigenvalue weighted by Crippen LogP contribution is -2.36. The number of amides is 1. The summed E-state index contributed by atoms with van der Waals surface area (Å²) in [5, 5.41) is 22.5. The lowest BCUT2D eigenvalue weighted by molar-refractivity contribution is -0.384. The van der Waals surface area contributed by atoms with E-state index in [9.17, 15) is 28.6 Å². The van der Waals surface area contributed by atoms with Crippen LogP contribution in [0.5, 0.6) is 0 Å². The number of nitrogens with zero attached hydrogens (tertiary/aromatic N) is 2. The first-order chi connectivity index (χ1) is 13.3. The second-order valence-electron chi connectivity index (χ2n) is 6.25. The zero-order chi connectivity index (χ0) is 20.3. The lowest BCUT2D eigenvalue weighted by Gasteiger charge is -2.09. The second-order valence-corrected chi connectivity index (χ2v) is 8.48. The third-order valence-electron chi connectivity index (χ3n) is 4.21. The van der Waals surface area contributed by atoms with E-state index in [0.717, 1.165) is 0 Å². The molecule has 2 heterocycles. The Morgan fingerprint density at radius 2 is 2.00 bits per heavy atom. The Balaban J connectivity index is 1.74. The van der Waals surface area contributed by atoms with E-state index in [0.29, 0.717) is 17.7 Å². The fourth-order valence-electron chi connectivity index (χ4n) is 2.80. The van der Waals surface area contributed by atoms with Gasteiger partial charge in [-0.05, 0) is 30.7 Å². The number of carbonyl (C=O) groups excluding carboxylic acids is 1. The first kappa shape index (κ1) is 19.3. The van der Waals surface area contributed by atoms with Gasteiger partial charge in [-0.1, -0.05) is 0 Å². The van der Waals surface area contributed by atoms with Crippen molar-refractivity contribution in [3.8, 4) is 17.4 Å². The first-order valence-electron chi connectivity index (χ1n) is 8.25. The van der Waals surface area contributed by atoms with Gasteiger partial charge >= 0.3 is 0 Å². The first-order valence-corrected chi connectivity index (χ1v) is 10.1. The molecule has 1 atom stereocenters. The smallest absolute Gasteiger partial charge is 0.269 e. The Kier molecular flexibility index (Phi) is 5.28. The molecule has 1 fully saturated rings. The summed E-state index contributed by atoms with van der Waals surface area (Å²) >= 11 is 0. The molecule has 3 rings (SSSR count). The van der Waals surface area contributed by atoms with Crippen molar-refractivity contribution in [1.82, 2.24) is 5.32 Å². The van der Waals surface area contributed by atoms with Crippen molar-refractivity contribution in [1.29, 1.82) is 5.26 Å². The number of nitriles is 1. The van der Waals surface area contributed by atoms with Crippen LogP contribution in [0.4, 0.5) is 5.69 Å². The number of nitro benzene ring substituents is 1. The van der Waals surface area contributed by atoms with Crippen molar-refractivity contribution < 1.29 is 22.6 Å². The van der Waals surface area contributed by atoms with Gasteiger partial charge < -0.3 is 9.73 Å². The third-order valence-corrected chi connectivity index (χ3v) is 5.98. The van der Waals surface area contributed by atoms with Crippen LogP contribution < -0.4 is 5.32 Å². The maximum Gasteiger partial charge on any atom is 0.269 e. The molecule has 1 unspecified atom stereocenters. The molecule has 0 spiro atoms. The van der Waals surface area contributed by atoms with E-state index in [2.05, 4.69) is 5.32 Å². The van der Waals surface area contributed by atoms with Crippen molar-refractivity contribution in [2.75, 3.05) is 11.5 Å². The van der Waals surface area contributed by atoms with Crippen LogP contribution in [0.2, 0.25) is 0 Å². The summed E-state index contributed by atoms with van der Waals surface area (Å²) in [6.07, 6.45) is 1.57. The van der Waals surface area contributed by atoms with Gasteiger partial charge in [0.05, 0.1) is 16.4 Å². The van der Waals surface area contributed by atoms with E-state index in [1.165, 1.54) is 30.3 Å². The summed E-state index contributed by atoms with van der Waals surface area (Å²) in [5.41, 5.74) is 0.339. The number of nitro groups is 1. The van der Waals surface area contributed by atoms with Crippen molar-refractivity contribution in [3.63, 3.8) is 0 Å². The van der Waals surface area contributed by atoms with E-state index in [1.54, 1.807) is 18.2 Å². The number of hydrogen-bond donors (Lipinski definition) is 1. The maximum atomic E-state index is 12.2. The molecular formula is C18H15N3O6S. The van der Waals surface area contributed by atoms with E-state index in [1.807, 2.05) is 0 Å². The van der Waals surface area contributed by atoms with Crippen LogP contribution >= 0.6 is 0 Å². The van der Waals surface area contributed by atoms with Gasteiger partial charge in [-0.3, -0.25) is 14.9 Å². The van der Waals surface area contributed by atoms with Crippen LogP contribution in [0, 0.1) is 21.4 Å². The monoisotopic (exact) mass is 401 g/mol. The number of benzene rings is 1. The zero-order valence-corrected chi connectivity index (χ0v) is 15.3. The number of rotatable bonds is 5. The van der Waals surface area contributed by atoms with Gasteiger partial charge in [0.1, 0.15) is 23.2 Å². The minimum atomic E-state index is -3.15. The molecule has 0 radical (unpaired) electrons. The number of nitrogens with one attached hydrogen (secondary N) is 1. The number of carbonyl (C=O) groups is 1. The number of furan rings is 1. The molecule has 1 aromatic heterocycles. The predicted octanol–water partition coefficient (Wildman–Crippen LogP) is 2.07. The highest BCUT2D eigenvalue weighted by atomic mass is 32.2. The molecule has 0 saturated carbocycles. The molecule has 144 valence electrons. The van der Waals surface area contributed by atoms with E-state index in [-0.39, 0.29) is 28.5 Å². The molecule has 1 N–H and O–H groups in total. The average Bonchev–Trinajstić information content (AvgIpc) is 3.25. The SMILES string of the molecule is N#C/C(=C\c1ccc(-c2ccc([N+](=O)[O-])cc2)o1)C(=O)NC1CCS(=O)(=O)C1. The molecule has 2 aromatic rings. The molecule has 9 nitrogen and oxygen atoms in total. The summed E-state index contributed by atoms with van der Waals surface area (Å²) in [4.78, 5) is 22.4. The van der Waals surface area contributed by atoms with Crippen LogP contribution in [0.25, 0.3) is 17.4 Å². The summed E-state index contributed by atoms with van der Waals surface area (Å²) in [7, 11) is -3.15. The predicted molar refractivity (Wildman–Crippen MR) is 99.6 cm³/mol. The lowest BCUT2D eigenvalue weighted by atomic mass is 10.1. The molecular weight excluding hydrogens is 386 g/mol. The fourth-order valence-corrected chi connectivity index (χ4v) is 4.47. The van der Waals surface area contributed by atoms with Gasteiger partial charge in [0.25, 0.3) is 11.6 Å². The average molecular weight is 401 g/mol. The topological polar surface area (TPSA) is 143 Å². The van der Waals surface area contributed by atoms with Crippen molar-refractivity contribution in [3.05, 3.63) is 57.8 Å². The van der Waals surface area contributed by atoms with E-state index < -0.39 is 26.7 Å². The molecule has 10 heteroatoms. The van der Waals surface area contributed by atoms with Crippen LogP contribution in [0.1, 0.15) is 12.2 Å². The molecule has 1 saturated heterocycles. The highest BCUT2D eigenvalue weighted by molar-refractivity contribution is 7.91. The molecule has 28 heavy (non-hydrogen) atoms. The normalized spacial score (nSPS) is 18.4. The molecule has 0 aliphatic carbocycles. The molecule has 1 aliphatic rings. The van der Waals surface area contributed by atoms with E-state index >= 15 is 0 Å². The fraction of sp³-hybridized carbons (Fsp3) is 0.222. The molecule has 1 aliphatic heterocycles. The molecule has 0 bridgehead atoms. The standard InChI is InChI=1S/C18H15N3O6S/c19-10-13(18(22)20-14-7-8-28(25,26)11-14)9-16-5-6-17(27-16)12-1-3-15(4-2-12)21(23)24/h1-6,9,14H,7-8,11H2,(H,20,22)/b13-9+. The van der Waals surface area contributed by atoms with E-state index in [4.69, 9.17) is 4.42 Å². The Morgan fingerprint density at radius 3 is 2.57 bits per heavy atom. The highest BCUT2D eigenvalue weighted by Gasteiger charge is 2.29. The number of sulfone groups is 1. The highest BCUT2D eigenvalue weighted by Crippen LogP contribution is 2.25. The maximum absolute atomic E-state index is 12.2.